The third-order valence-corrected chi connectivity index (χ3v) is 8.44. The summed E-state index contributed by atoms with van der Waals surface area (Å²) in [6.07, 6.45) is 2.70. The van der Waals surface area contributed by atoms with E-state index in [0.717, 1.165) is 22.5 Å². The number of rotatable bonds is 11. The fourth-order valence-electron chi connectivity index (χ4n) is 6.36. The van der Waals surface area contributed by atoms with Crippen molar-refractivity contribution < 1.29 is 24.2 Å². The van der Waals surface area contributed by atoms with Crippen molar-refractivity contribution in [1.82, 2.24) is 25.4 Å². The second-order valence-corrected chi connectivity index (χ2v) is 13.2. The lowest BCUT2D eigenvalue weighted by Crippen LogP contribution is -2.61. The van der Waals surface area contributed by atoms with Gasteiger partial charge in [-0.15, -0.1) is 0 Å². The number of oxazole rings is 1. The summed E-state index contributed by atoms with van der Waals surface area (Å²) < 4.78 is 5.43. The summed E-state index contributed by atoms with van der Waals surface area (Å²) in [6, 6.07) is 16.6. The van der Waals surface area contributed by atoms with E-state index in [1.165, 1.54) is 6.39 Å². The van der Waals surface area contributed by atoms with E-state index in [2.05, 4.69) is 20.5 Å². The van der Waals surface area contributed by atoms with Crippen molar-refractivity contribution in [3.8, 4) is 0 Å². The molecule has 2 aliphatic rings. The molecule has 5 rings (SSSR count). The van der Waals surface area contributed by atoms with Gasteiger partial charge >= 0.3 is 0 Å². The Morgan fingerprint density at radius 2 is 1.84 bits per heavy atom. The summed E-state index contributed by atoms with van der Waals surface area (Å²) in [5, 5.41) is 28.4. The van der Waals surface area contributed by atoms with Gasteiger partial charge < -0.3 is 25.3 Å². The number of amides is 2. The monoisotopic (exact) mass is 603 g/mol. The summed E-state index contributed by atoms with van der Waals surface area (Å²) >= 11 is 0. The van der Waals surface area contributed by atoms with Crippen LogP contribution in [0.3, 0.4) is 0 Å². The number of aliphatic hydroxyl groups excluding tert-OH is 2. The summed E-state index contributed by atoms with van der Waals surface area (Å²) in [7, 11) is 0. The van der Waals surface area contributed by atoms with Crippen LogP contribution >= 0.6 is 0 Å². The molecule has 1 aromatic heterocycles. The summed E-state index contributed by atoms with van der Waals surface area (Å²) in [5.41, 5.74) is 2.56. The van der Waals surface area contributed by atoms with Crippen molar-refractivity contribution in [1.29, 1.82) is 0 Å². The molecule has 10 nitrogen and oxygen atoms in total. The van der Waals surface area contributed by atoms with Gasteiger partial charge in [0.15, 0.2) is 6.39 Å². The van der Waals surface area contributed by atoms with Crippen molar-refractivity contribution in [3.63, 3.8) is 0 Å². The molecule has 2 amide bonds. The van der Waals surface area contributed by atoms with Crippen molar-refractivity contribution >= 4 is 11.8 Å². The highest BCUT2D eigenvalue weighted by molar-refractivity contribution is 5.83. The van der Waals surface area contributed by atoms with Crippen LogP contribution in [0.4, 0.5) is 0 Å². The average Bonchev–Trinajstić information content (AvgIpc) is 3.60. The second-order valence-electron chi connectivity index (χ2n) is 13.2. The highest BCUT2D eigenvalue weighted by atomic mass is 16.3. The summed E-state index contributed by atoms with van der Waals surface area (Å²) in [4.78, 5) is 35.4. The van der Waals surface area contributed by atoms with Gasteiger partial charge in [0.2, 0.25) is 11.8 Å². The molecular formula is C34H45N5O5. The lowest BCUT2D eigenvalue weighted by molar-refractivity contribution is -0.132. The first-order valence-electron chi connectivity index (χ1n) is 15.5. The lowest BCUT2D eigenvalue weighted by Gasteiger charge is -2.42. The number of benzene rings is 2. The number of piperazine rings is 1. The van der Waals surface area contributed by atoms with E-state index in [4.69, 9.17) is 4.42 Å². The smallest absolute Gasteiger partial charge is 0.239 e. The predicted octanol–water partition coefficient (Wildman–Crippen LogP) is 2.46. The van der Waals surface area contributed by atoms with Crippen LogP contribution < -0.4 is 10.6 Å². The minimum atomic E-state index is -0.846. The van der Waals surface area contributed by atoms with Crippen molar-refractivity contribution in [2.75, 3.05) is 26.2 Å². The molecule has 10 heteroatoms. The molecule has 3 aromatic rings. The number of β-amino-alcohol motifs (C(OH)–C–C–N with tert-alkyl or cyclic N) is 1. The quantitative estimate of drug-likeness (QED) is 0.263. The maximum absolute atomic E-state index is 13.8. The molecule has 3 unspecified atom stereocenters. The molecule has 0 radical (unpaired) electrons. The molecule has 2 heterocycles. The first-order valence-corrected chi connectivity index (χ1v) is 15.5. The Hall–Kier alpha value is -3.57. The maximum atomic E-state index is 13.8. The van der Waals surface area contributed by atoms with Crippen LogP contribution in [-0.4, -0.2) is 86.8 Å². The molecule has 4 N–H and O–H groups in total. The Bertz CT molecular complexity index is 1380. The number of nitrogens with zero attached hydrogens (tertiary/aromatic N) is 3. The number of aliphatic hydroxyl groups is 2. The van der Waals surface area contributed by atoms with Crippen LogP contribution in [0.5, 0.6) is 0 Å². The fraction of sp³-hybridized carbons (Fsp3) is 0.500. The number of carbonyl (C=O) groups is 2. The van der Waals surface area contributed by atoms with Crippen LogP contribution in [0.25, 0.3) is 0 Å². The minimum absolute atomic E-state index is 0.0977. The van der Waals surface area contributed by atoms with E-state index in [0.29, 0.717) is 39.0 Å². The van der Waals surface area contributed by atoms with E-state index in [1.54, 1.807) is 6.20 Å². The molecule has 0 saturated carbocycles. The SMILES string of the molecule is CC(C)(C)NC(=O)C1CN(Cc2cnco2)CCN1CC(O)CC(Cc1ccccc1)C(=O)N[C@H]1c2ccccc2C[C@H]1O. The molecular weight excluding hydrogens is 558 g/mol. The molecule has 0 bridgehead atoms. The van der Waals surface area contributed by atoms with Gasteiger partial charge in [-0.2, -0.15) is 0 Å². The molecule has 5 atom stereocenters. The van der Waals surface area contributed by atoms with E-state index in [9.17, 15) is 19.8 Å². The number of fused-ring (bicyclic) bond motifs is 1. The molecule has 0 spiro atoms. The van der Waals surface area contributed by atoms with Gasteiger partial charge in [0.1, 0.15) is 11.8 Å². The Kier molecular flexibility index (Phi) is 10.2. The summed E-state index contributed by atoms with van der Waals surface area (Å²) in [6.45, 7) is 8.40. The molecule has 1 aliphatic carbocycles. The topological polar surface area (TPSA) is 131 Å². The van der Waals surface area contributed by atoms with Gasteiger partial charge in [0.05, 0.1) is 31.0 Å². The first kappa shape index (κ1) is 31.8. The van der Waals surface area contributed by atoms with Crippen LogP contribution in [0, 0.1) is 5.92 Å². The Labute approximate surface area is 259 Å². The van der Waals surface area contributed by atoms with E-state index in [-0.39, 0.29) is 24.8 Å². The van der Waals surface area contributed by atoms with Gasteiger partial charge in [0.25, 0.3) is 0 Å². The number of aromatic nitrogens is 1. The largest absolute Gasteiger partial charge is 0.447 e. The van der Waals surface area contributed by atoms with Crippen LogP contribution in [-0.2, 0) is 29.0 Å². The Morgan fingerprint density at radius 3 is 2.57 bits per heavy atom. The third-order valence-electron chi connectivity index (χ3n) is 8.44. The Morgan fingerprint density at radius 1 is 1.09 bits per heavy atom. The zero-order valence-corrected chi connectivity index (χ0v) is 25.9. The maximum Gasteiger partial charge on any atom is 0.239 e. The average molecular weight is 604 g/mol. The molecule has 236 valence electrons. The van der Waals surface area contributed by atoms with Gasteiger partial charge in [0, 0.05) is 44.1 Å². The molecule has 44 heavy (non-hydrogen) atoms. The van der Waals surface area contributed by atoms with Crippen LogP contribution in [0.1, 0.15) is 55.7 Å². The third kappa shape index (κ3) is 8.32. The first-order chi connectivity index (χ1) is 21.1. The van der Waals surface area contributed by atoms with E-state index < -0.39 is 35.7 Å². The van der Waals surface area contributed by atoms with E-state index >= 15 is 0 Å². The summed E-state index contributed by atoms with van der Waals surface area (Å²) in [5.74, 6) is -0.0906. The molecule has 1 saturated heterocycles. The normalized spacial score (nSPS) is 22.2. The highest BCUT2D eigenvalue weighted by Gasteiger charge is 2.37. The highest BCUT2D eigenvalue weighted by Crippen LogP contribution is 2.32. The molecule has 2 aromatic carbocycles. The van der Waals surface area contributed by atoms with Crippen molar-refractivity contribution in [3.05, 3.63) is 89.6 Å². The standard InChI is InChI=1S/C34H45N5O5/c1-34(2,3)37-33(43)29-21-38(20-27-18-35-22-44-27)13-14-39(29)19-26(40)16-25(15-23-9-5-4-6-10-23)32(42)36-31-28-12-8-7-11-24(28)17-30(31)41/h4-12,18,22,25-26,29-31,40-41H,13-17,19-21H2,1-3H3,(H,36,42)(H,37,43)/t25?,26?,29?,30-,31+/m1/s1. The van der Waals surface area contributed by atoms with Gasteiger partial charge in [-0.25, -0.2) is 4.98 Å². The van der Waals surface area contributed by atoms with Crippen molar-refractivity contribution in [2.24, 2.45) is 5.92 Å². The van der Waals surface area contributed by atoms with Crippen LogP contribution in [0.2, 0.25) is 0 Å². The molecule has 1 aliphatic heterocycles. The number of hydrogen-bond acceptors (Lipinski definition) is 8. The fourth-order valence-corrected chi connectivity index (χ4v) is 6.36. The Balaban J connectivity index is 1.28. The minimum Gasteiger partial charge on any atom is -0.447 e. The number of nitrogens with one attached hydrogen (secondary N) is 2. The number of hydrogen-bond donors (Lipinski definition) is 4. The van der Waals surface area contributed by atoms with E-state index in [1.807, 2.05) is 80.3 Å². The lowest BCUT2D eigenvalue weighted by atomic mass is 9.91. The van der Waals surface area contributed by atoms with Gasteiger partial charge in [-0.1, -0.05) is 54.6 Å². The zero-order chi connectivity index (χ0) is 31.3. The van der Waals surface area contributed by atoms with Crippen LogP contribution in [0.15, 0.2) is 71.6 Å². The number of carbonyl (C=O) groups excluding carboxylic acids is 2. The van der Waals surface area contributed by atoms with Gasteiger partial charge in [-0.3, -0.25) is 19.4 Å². The predicted molar refractivity (Wildman–Crippen MR) is 166 cm³/mol. The zero-order valence-electron chi connectivity index (χ0n) is 25.9. The van der Waals surface area contributed by atoms with Crippen molar-refractivity contribution in [2.45, 2.75) is 76.4 Å². The van der Waals surface area contributed by atoms with Gasteiger partial charge in [-0.05, 0) is 50.3 Å². The second kappa shape index (κ2) is 14.0. The molecule has 1 fully saturated rings.